The molecule has 1 amide bonds. The molecule has 1 aliphatic rings. The van der Waals surface area contributed by atoms with Gasteiger partial charge in [0.2, 0.25) is 0 Å². The molecule has 84 valence electrons. The minimum atomic E-state index is -0.186. The van der Waals surface area contributed by atoms with Gasteiger partial charge in [0.1, 0.15) is 4.32 Å². The van der Waals surface area contributed by atoms with E-state index in [1.807, 2.05) is 44.2 Å². The van der Waals surface area contributed by atoms with Crippen molar-refractivity contribution in [3.05, 3.63) is 35.9 Å². The van der Waals surface area contributed by atoms with E-state index in [1.165, 1.54) is 0 Å². The maximum Gasteiger partial charge on any atom is 0.259 e. The molecule has 1 aliphatic heterocycles. The van der Waals surface area contributed by atoms with Crippen molar-refractivity contribution in [2.24, 2.45) is 0 Å². The summed E-state index contributed by atoms with van der Waals surface area (Å²) in [4.78, 5) is 14.0. The third-order valence-corrected chi connectivity index (χ3v) is 4.38. The fourth-order valence-electron chi connectivity index (χ4n) is 1.68. The Balaban J connectivity index is 2.32. The largest absolute Gasteiger partial charge is 0.287 e. The lowest BCUT2D eigenvalue weighted by Crippen LogP contribution is -2.45. The van der Waals surface area contributed by atoms with Gasteiger partial charge in [0.05, 0.1) is 5.54 Å². The standard InChI is InChI=1S/C12H13NOS2/c1-12(2)8-16-11(15)13(12)10(14)9-6-4-3-5-7-9/h3-7H,8H2,1-2H3. The van der Waals surface area contributed by atoms with Crippen LogP contribution in [0.5, 0.6) is 0 Å². The molecule has 0 spiro atoms. The predicted molar refractivity (Wildman–Crippen MR) is 71.7 cm³/mol. The number of rotatable bonds is 1. The molecule has 1 aromatic carbocycles. The summed E-state index contributed by atoms with van der Waals surface area (Å²) >= 11 is 6.81. The lowest BCUT2D eigenvalue weighted by Gasteiger charge is -2.30. The van der Waals surface area contributed by atoms with E-state index in [0.29, 0.717) is 9.88 Å². The highest BCUT2D eigenvalue weighted by Crippen LogP contribution is 2.33. The molecule has 0 saturated carbocycles. The molecule has 0 atom stereocenters. The Morgan fingerprint density at radius 3 is 2.50 bits per heavy atom. The van der Waals surface area contributed by atoms with Crippen molar-refractivity contribution in [2.75, 3.05) is 5.75 Å². The molecule has 0 N–H and O–H groups in total. The van der Waals surface area contributed by atoms with Gasteiger partial charge in [-0.3, -0.25) is 9.69 Å². The van der Waals surface area contributed by atoms with Gasteiger partial charge in [-0.1, -0.05) is 42.2 Å². The highest BCUT2D eigenvalue weighted by atomic mass is 32.2. The van der Waals surface area contributed by atoms with Crippen molar-refractivity contribution in [1.29, 1.82) is 0 Å². The number of thiocarbonyl (C=S) groups is 1. The summed E-state index contributed by atoms with van der Waals surface area (Å²) < 4.78 is 0.679. The smallest absolute Gasteiger partial charge is 0.259 e. The molecule has 2 rings (SSSR count). The minimum Gasteiger partial charge on any atom is -0.287 e. The monoisotopic (exact) mass is 251 g/mol. The lowest BCUT2D eigenvalue weighted by atomic mass is 10.1. The normalized spacial score (nSPS) is 18.9. The number of hydrogen-bond donors (Lipinski definition) is 0. The second kappa shape index (κ2) is 4.18. The maximum atomic E-state index is 12.3. The van der Waals surface area contributed by atoms with Crippen molar-refractivity contribution in [2.45, 2.75) is 19.4 Å². The van der Waals surface area contributed by atoms with E-state index in [2.05, 4.69) is 0 Å². The fourth-order valence-corrected chi connectivity index (χ4v) is 3.25. The SMILES string of the molecule is CC1(C)CSC(=S)N1C(=O)c1ccccc1. The van der Waals surface area contributed by atoms with Gasteiger partial charge < -0.3 is 0 Å². The zero-order valence-electron chi connectivity index (χ0n) is 9.27. The quantitative estimate of drug-likeness (QED) is 0.716. The first-order valence-electron chi connectivity index (χ1n) is 5.09. The predicted octanol–water partition coefficient (Wildman–Crippen LogP) is 2.94. The minimum absolute atomic E-state index is 0.000556. The zero-order valence-corrected chi connectivity index (χ0v) is 10.9. The average molecular weight is 251 g/mol. The molecule has 0 aromatic heterocycles. The Kier molecular flexibility index (Phi) is 3.04. The van der Waals surface area contributed by atoms with Crippen molar-refractivity contribution < 1.29 is 4.79 Å². The van der Waals surface area contributed by atoms with Gasteiger partial charge in [0, 0.05) is 11.3 Å². The number of benzene rings is 1. The molecular formula is C12H13NOS2. The van der Waals surface area contributed by atoms with E-state index in [9.17, 15) is 4.79 Å². The highest BCUT2D eigenvalue weighted by Gasteiger charge is 2.40. The van der Waals surface area contributed by atoms with E-state index in [0.717, 1.165) is 5.75 Å². The summed E-state index contributed by atoms with van der Waals surface area (Å²) in [6.07, 6.45) is 0. The number of amides is 1. The second-order valence-electron chi connectivity index (χ2n) is 4.37. The number of nitrogens with zero attached hydrogens (tertiary/aromatic N) is 1. The van der Waals surface area contributed by atoms with Crippen LogP contribution in [0, 0.1) is 0 Å². The summed E-state index contributed by atoms with van der Waals surface area (Å²) in [6.45, 7) is 4.08. The lowest BCUT2D eigenvalue weighted by molar-refractivity contribution is 0.0770. The van der Waals surface area contributed by atoms with E-state index < -0.39 is 0 Å². The van der Waals surface area contributed by atoms with Crippen LogP contribution in [0.4, 0.5) is 0 Å². The summed E-state index contributed by atoms with van der Waals surface area (Å²) in [7, 11) is 0. The van der Waals surface area contributed by atoms with Gasteiger partial charge in [-0.25, -0.2) is 0 Å². The van der Waals surface area contributed by atoms with E-state index in [1.54, 1.807) is 16.7 Å². The van der Waals surface area contributed by atoms with Crippen LogP contribution in [-0.4, -0.2) is 26.4 Å². The van der Waals surface area contributed by atoms with E-state index >= 15 is 0 Å². The van der Waals surface area contributed by atoms with Crippen molar-refractivity contribution in [1.82, 2.24) is 4.90 Å². The molecule has 2 nitrogen and oxygen atoms in total. The Labute approximate surface area is 105 Å². The van der Waals surface area contributed by atoms with Gasteiger partial charge in [-0.2, -0.15) is 0 Å². The summed E-state index contributed by atoms with van der Waals surface area (Å²) in [5.74, 6) is 0.866. The van der Waals surface area contributed by atoms with Crippen LogP contribution in [0.3, 0.4) is 0 Å². The van der Waals surface area contributed by atoms with Gasteiger partial charge in [0.25, 0.3) is 5.91 Å². The molecule has 0 unspecified atom stereocenters. The molecular weight excluding hydrogens is 238 g/mol. The van der Waals surface area contributed by atoms with Crippen LogP contribution in [0.1, 0.15) is 24.2 Å². The average Bonchev–Trinajstić information content (AvgIpc) is 2.53. The topological polar surface area (TPSA) is 20.3 Å². The third kappa shape index (κ3) is 1.99. The molecule has 16 heavy (non-hydrogen) atoms. The van der Waals surface area contributed by atoms with Crippen molar-refractivity contribution in [3.8, 4) is 0 Å². The Hall–Kier alpha value is -0.870. The Bertz CT molecular complexity index is 428. The zero-order chi connectivity index (χ0) is 11.8. The van der Waals surface area contributed by atoms with E-state index in [4.69, 9.17) is 12.2 Å². The molecule has 1 saturated heterocycles. The summed E-state index contributed by atoms with van der Waals surface area (Å²) in [5.41, 5.74) is 0.509. The molecule has 0 bridgehead atoms. The van der Waals surface area contributed by atoms with E-state index in [-0.39, 0.29) is 11.4 Å². The number of hydrogen-bond acceptors (Lipinski definition) is 3. The number of carbonyl (C=O) groups is 1. The van der Waals surface area contributed by atoms with Crippen molar-refractivity contribution in [3.63, 3.8) is 0 Å². The van der Waals surface area contributed by atoms with Gasteiger partial charge >= 0.3 is 0 Å². The van der Waals surface area contributed by atoms with Crippen molar-refractivity contribution >= 4 is 34.2 Å². The molecule has 1 aromatic rings. The number of thioether (sulfide) groups is 1. The molecule has 1 fully saturated rings. The Morgan fingerprint density at radius 1 is 1.38 bits per heavy atom. The summed E-state index contributed by atoms with van der Waals surface area (Å²) in [6, 6.07) is 9.28. The van der Waals surface area contributed by atoms with Crippen LogP contribution in [-0.2, 0) is 0 Å². The van der Waals surface area contributed by atoms with Crippen LogP contribution >= 0.6 is 24.0 Å². The molecule has 4 heteroatoms. The van der Waals surface area contributed by atoms with Crippen LogP contribution < -0.4 is 0 Å². The molecule has 0 radical (unpaired) electrons. The first-order valence-corrected chi connectivity index (χ1v) is 6.48. The maximum absolute atomic E-state index is 12.3. The first-order chi connectivity index (χ1) is 7.52. The third-order valence-electron chi connectivity index (χ3n) is 2.56. The fraction of sp³-hybridized carbons (Fsp3) is 0.333. The van der Waals surface area contributed by atoms with Crippen LogP contribution in [0.2, 0.25) is 0 Å². The second-order valence-corrected chi connectivity index (χ2v) is 5.98. The molecule has 0 aliphatic carbocycles. The van der Waals surface area contributed by atoms with Crippen LogP contribution in [0.15, 0.2) is 30.3 Å². The van der Waals surface area contributed by atoms with Crippen LogP contribution in [0.25, 0.3) is 0 Å². The Morgan fingerprint density at radius 2 is 2.00 bits per heavy atom. The first kappa shape index (κ1) is 11.6. The molecule has 1 heterocycles. The number of carbonyl (C=O) groups excluding carboxylic acids is 1. The van der Waals surface area contributed by atoms with Gasteiger partial charge in [-0.05, 0) is 26.0 Å². The highest BCUT2D eigenvalue weighted by molar-refractivity contribution is 8.23. The summed E-state index contributed by atoms with van der Waals surface area (Å²) in [5, 5.41) is 0. The van der Waals surface area contributed by atoms with Gasteiger partial charge in [0.15, 0.2) is 0 Å². The van der Waals surface area contributed by atoms with Gasteiger partial charge in [-0.15, -0.1) is 0 Å².